The fourth-order valence-electron chi connectivity index (χ4n) is 4.16. The van der Waals surface area contributed by atoms with Gasteiger partial charge in [-0.2, -0.15) is 0 Å². The van der Waals surface area contributed by atoms with Crippen molar-refractivity contribution >= 4 is 51.7 Å². The lowest BCUT2D eigenvalue weighted by Gasteiger charge is -2.36. The first kappa shape index (κ1) is 22.9. The molecule has 32 heavy (non-hydrogen) atoms. The molecule has 0 saturated carbocycles. The topological polar surface area (TPSA) is 67.2 Å². The summed E-state index contributed by atoms with van der Waals surface area (Å²) in [5, 5.41) is 0. The first-order chi connectivity index (χ1) is 15.3. The van der Waals surface area contributed by atoms with E-state index in [1.807, 2.05) is 32.9 Å². The molecule has 2 atom stereocenters. The fourth-order valence-corrected chi connectivity index (χ4v) is 5.45. The highest BCUT2D eigenvalue weighted by molar-refractivity contribution is 8.26. The van der Waals surface area contributed by atoms with Gasteiger partial charge in [-0.15, -0.1) is 0 Å². The van der Waals surface area contributed by atoms with Crippen LogP contribution in [0.3, 0.4) is 0 Å². The van der Waals surface area contributed by atoms with E-state index in [-0.39, 0.29) is 23.7 Å². The molecule has 2 aromatic heterocycles. The number of carbonyl (C=O) groups is 1. The molecule has 7 nitrogen and oxygen atoms in total. The van der Waals surface area contributed by atoms with E-state index in [4.69, 9.17) is 21.9 Å². The van der Waals surface area contributed by atoms with Crippen molar-refractivity contribution in [1.82, 2.24) is 14.3 Å². The fraction of sp³-hybridized carbons (Fsp3) is 0.478. The van der Waals surface area contributed by atoms with Gasteiger partial charge in [0.1, 0.15) is 15.8 Å². The second-order valence-electron chi connectivity index (χ2n) is 8.39. The van der Waals surface area contributed by atoms with Gasteiger partial charge in [0.2, 0.25) is 0 Å². The van der Waals surface area contributed by atoms with E-state index in [9.17, 15) is 9.59 Å². The Bertz CT molecular complexity index is 1150. The molecule has 0 spiro atoms. The van der Waals surface area contributed by atoms with E-state index >= 15 is 0 Å². The zero-order valence-electron chi connectivity index (χ0n) is 18.8. The average molecular weight is 473 g/mol. The molecule has 2 saturated heterocycles. The van der Waals surface area contributed by atoms with Gasteiger partial charge < -0.3 is 9.64 Å². The minimum absolute atomic E-state index is 0.0102. The number of thioether (sulfide) groups is 1. The summed E-state index contributed by atoms with van der Waals surface area (Å²) >= 11 is 6.69. The van der Waals surface area contributed by atoms with Crippen LogP contribution in [0, 0.1) is 6.92 Å². The standard InChI is InChI=1S/C23H28N4O3S2/c1-5-6-9-27-22(29)18(32-23(27)31)11-17-20(25-12-15(3)30-16(4)13-25)24-19-14(2)8-7-10-26(19)21(17)28/h7-8,10-11,15-16H,5-6,9,12-13H2,1-4H3/b18-11+/t15-,16+. The van der Waals surface area contributed by atoms with Crippen molar-refractivity contribution in [2.75, 3.05) is 24.5 Å². The van der Waals surface area contributed by atoms with Crippen molar-refractivity contribution in [3.8, 4) is 0 Å². The highest BCUT2D eigenvalue weighted by atomic mass is 32.2. The van der Waals surface area contributed by atoms with Crippen LogP contribution in [0.4, 0.5) is 5.82 Å². The van der Waals surface area contributed by atoms with Crippen LogP contribution in [-0.4, -0.2) is 56.4 Å². The quantitative estimate of drug-likeness (QED) is 0.486. The lowest BCUT2D eigenvalue weighted by atomic mass is 10.1. The molecule has 0 unspecified atom stereocenters. The number of aryl methyl sites for hydroxylation is 1. The predicted octanol–water partition coefficient (Wildman–Crippen LogP) is 3.62. The molecule has 0 N–H and O–H groups in total. The first-order valence-electron chi connectivity index (χ1n) is 11.0. The average Bonchev–Trinajstić information content (AvgIpc) is 3.00. The molecule has 0 radical (unpaired) electrons. The molecule has 4 heterocycles. The van der Waals surface area contributed by atoms with Gasteiger partial charge in [0, 0.05) is 25.8 Å². The number of unbranched alkanes of at least 4 members (excludes halogenated alkanes) is 1. The van der Waals surface area contributed by atoms with Crippen LogP contribution in [0.2, 0.25) is 0 Å². The number of fused-ring (bicyclic) bond motifs is 1. The second-order valence-corrected chi connectivity index (χ2v) is 10.1. The summed E-state index contributed by atoms with van der Waals surface area (Å²) in [5.41, 5.74) is 1.74. The maximum absolute atomic E-state index is 13.6. The largest absolute Gasteiger partial charge is 0.372 e. The van der Waals surface area contributed by atoms with Crippen molar-refractivity contribution in [2.45, 2.75) is 52.7 Å². The van der Waals surface area contributed by atoms with E-state index < -0.39 is 0 Å². The molecule has 0 bridgehead atoms. The molecule has 9 heteroatoms. The Morgan fingerprint density at radius 1 is 1.28 bits per heavy atom. The number of carbonyl (C=O) groups excluding carboxylic acids is 1. The molecule has 2 aliphatic heterocycles. The molecule has 170 valence electrons. The summed E-state index contributed by atoms with van der Waals surface area (Å²) in [6.07, 6.45) is 5.27. The summed E-state index contributed by atoms with van der Waals surface area (Å²) in [5.74, 6) is 0.446. The first-order valence-corrected chi connectivity index (χ1v) is 12.2. The number of amides is 1. The van der Waals surface area contributed by atoms with Gasteiger partial charge in [0.25, 0.3) is 11.5 Å². The number of rotatable bonds is 5. The van der Waals surface area contributed by atoms with Crippen molar-refractivity contribution < 1.29 is 9.53 Å². The Hall–Kier alpha value is -2.23. The summed E-state index contributed by atoms with van der Waals surface area (Å²) in [6, 6.07) is 3.77. The number of nitrogens with zero attached hydrogens (tertiary/aromatic N) is 4. The van der Waals surface area contributed by atoms with Crippen LogP contribution in [0.1, 0.15) is 44.7 Å². The minimum atomic E-state index is -0.195. The highest BCUT2D eigenvalue weighted by Gasteiger charge is 2.33. The molecule has 4 rings (SSSR count). The zero-order valence-corrected chi connectivity index (χ0v) is 20.5. The van der Waals surface area contributed by atoms with Crippen LogP contribution >= 0.6 is 24.0 Å². The highest BCUT2D eigenvalue weighted by Crippen LogP contribution is 2.34. The predicted molar refractivity (Wildman–Crippen MR) is 133 cm³/mol. The second kappa shape index (κ2) is 9.33. The third-order valence-corrected chi connectivity index (χ3v) is 7.05. The molecular formula is C23H28N4O3S2. The van der Waals surface area contributed by atoms with Gasteiger partial charge in [-0.25, -0.2) is 4.98 Å². The molecule has 2 aliphatic rings. The minimum Gasteiger partial charge on any atom is -0.372 e. The van der Waals surface area contributed by atoms with Gasteiger partial charge in [0.05, 0.1) is 22.7 Å². The zero-order chi connectivity index (χ0) is 23.0. The number of hydrogen-bond acceptors (Lipinski definition) is 7. The van der Waals surface area contributed by atoms with Crippen molar-refractivity contribution in [3.05, 3.63) is 44.7 Å². The van der Waals surface area contributed by atoms with E-state index in [0.717, 1.165) is 18.4 Å². The van der Waals surface area contributed by atoms with Crippen LogP contribution in [-0.2, 0) is 9.53 Å². The smallest absolute Gasteiger partial charge is 0.267 e. The lowest BCUT2D eigenvalue weighted by molar-refractivity contribution is -0.122. The Labute approximate surface area is 197 Å². The summed E-state index contributed by atoms with van der Waals surface area (Å²) in [7, 11) is 0. The molecule has 2 fully saturated rings. The van der Waals surface area contributed by atoms with Gasteiger partial charge in [-0.1, -0.05) is 43.4 Å². The molecule has 2 aromatic rings. The van der Waals surface area contributed by atoms with Gasteiger partial charge in [-0.3, -0.25) is 18.9 Å². The number of pyridine rings is 1. The van der Waals surface area contributed by atoms with E-state index in [2.05, 4.69) is 11.8 Å². The SMILES string of the molecule is CCCCN1C(=O)/C(=C\c2c(N3C[C@@H](C)O[C@@H](C)C3)nc3c(C)cccn3c2=O)SC1=S. The van der Waals surface area contributed by atoms with Crippen LogP contribution in [0.5, 0.6) is 0 Å². The maximum atomic E-state index is 13.6. The third kappa shape index (κ3) is 4.33. The van der Waals surface area contributed by atoms with Gasteiger partial charge in [-0.05, 0) is 44.9 Å². The van der Waals surface area contributed by atoms with Crippen molar-refractivity contribution in [3.63, 3.8) is 0 Å². The number of morpholine rings is 1. The van der Waals surface area contributed by atoms with Crippen LogP contribution in [0.25, 0.3) is 11.7 Å². The number of thiocarbonyl (C=S) groups is 1. The monoisotopic (exact) mass is 472 g/mol. The molecule has 0 aromatic carbocycles. The number of aromatic nitrogens is 2. The summed E-state index contributed by atoms with van der Waals surface area (Å²) in [6.45, 7) is 9.88. The van der Waals surface area contributed by atoms with E-state index in [1.165, 1.54) is 11.8 Å². The van der Waals surface area contributed by atoms with Crippen molar-refractivity contribution in [2.24, 2.45) is 0 Å². The van der Waals surface area contributed by atoms with Crippen molar-refractivity contribution in [1.29, 1.82) is 0 Å². The maximum Gasteiger partial charge on any atom is 0.267 e. The van der Waals surface area contributed by atoms with E-state index in [0.29, 0.717) is 45.9 Å². The summed E-state index contributed by atoms with van der Waals surface area (Å²) < 4.78 is 7.97. The number of ether oxygens (including phenoxy) is 1. The van der Waals surface area contributed by atoms with Gasteiger partial charge in [0.15, 0.2) is 0 Å². The Kier molecular flexibility index (Phi) is 6.69. The Morgan fingerprint density at radius 3 is 2.69 bits per heavy atom. The number of anilines is 1. The molecule has 0 aliphatic carbocycles. The van der Waals surface area contributed by atoms with Crippen LogP contribution in [0.15, 0.2) is 28.0 Å². The van der Waals surface area contributed by atoms with E-state index in [1.54, 1.807) is 21.6 Å². The summed E-state index contributed by atoms with van der Waals surface area (Å²) in [4.78, 5) is 35.7. The van der Waals surface area contributed by atoms with Crippen LogP contribution < -0.4 is 10.5 Å². The normalized spacial score (nSPS) is 23.1. The molecular weight excluding hydrogens is 444 g/mol. The third-order valence-electron chi connectivity index (χ3n) is 5.67. The molecule has 1 amide bonds. The van der Waals surface area contributed by atoms with Gasteiger partial charge >= 0.3 is 0 Å². The Morgan fingerprint density at radius 2 is 2.00 bits per heavy atom. The lowest BCUT2D eigenvalue weighted by Crippen LogP contribution is -2.46. The Balaban J connectivity index is 1.85. The number of hydrogen-bond donors (Lipinski definition) is 0.